The number of amides is 1. The fourth-order valence-electron chi connectivity index (χ4n) is 1.52. The van der Waals surface area contributed by atoms with E-state index in [0.717, 1.165) is 12.1 Å². The molecule has 2 aromatic rings. The van der Waals surface area contributed by atoms with Gasteiger partial charge in [-0.15, -0.1) is 0 Å². The van der Waals surface area contributed by atoms with E-state index in [0.29, 0.717) is 4.47 Å². The molecule has 1 aromatic carbocycles. The van der Waals surface area contributed by atoms with E-state index >= 15 is 0 Å². The molecule has 0 radical (unpaired) electrons. The average molecular weight is 388 g/mol. The van der Waals surface area contributed by atoms with Crippen molar-refractivity contribution in [2.75, 3.05) is 11.9 Å². The highest BCUT2D eigenvalue weighted by Crippen LogP contribution is 2.22. The molecule has 2 rings (SSSR count). The molecule has 114 valence electrons. The Labute approximate surface area is 138 Å². The molecule has 1 N–H and O–H groups in total. The number of ether oxygens (including phenoxy) is 1. The second-order valence-corrected chi connectivity index (χ2v) is 5.46. The molecule has 0 aliphatic carbocycles. The van der Waals surface area contributed by atoms with Gasteiger partial charge in [0.25, 0.3) is 5.91 Å². The standard InChI is InChI=1S/C14H9BrClFN2O3/c15-9-3-8(5-18-6-9)14(21)22-7-13(20)19-12-2-1-10(17)4-11(12)16/h1-6H,7H2,(H,19,20). The molecule has 1 amide bonds. The van der Waals surface area contributed by atoms with Crippen molar-refractivity contribution in [3.05, 3.63) is 57.5 Å². The predicted octanol–water partition coefficient (Wildman–Crippen LogP) is 3.43. The second-order valence-electron chi connectivity index (χ2n) is 4.14. The van der Waals surface area contributed by atoms with Crippen molar-refractivity contribution in [1.29, 1.82) is 0 Å². The number of nitrogens with one attached hydrogen (secondary N) is 1. The maximum Gasteiger partial charge on any atom is 0.340 e. The molecule has 0 fully saturated rings. The molecular formula is C14H9BrClFN2O3. The fraction of sp³-hybridized carbons (Fsp3) is 0.0714. The van der Waals surface area contributed by atoms with Crippen LogP contribution < -0.4 is 5.32 Å². The lowest BCUT2D eigenvalue weighted by Crippen LogP contribution is -2.21. The van der Waals surface area contributed by atoms with E-state index in [1.54, 1.807) is 0 Å². The molecule has 0 aliphatic rings. The normalized spacial score (nSPS) is 10.1. The predicted molar refractivity (Wildman–Crippen MR) is 82.3 cm³/mol. The topological polar surface area (TPSA) is 68.3 Å². The van der Waals surface area contributed by atoms with E-state index in [-0.39, 0.29) is 16.3 Å². The summed E-state index contributed by atoms with van der Waals surface area (Å²) in [5, 5.41) is 2.47. The van der Waals surface area contributed by atoms with E-state index in [9.17, 15) is 14.0 Å². The van der Waals surface area contributed by atoms with Crippen molar-refractivity contribution < 1.29 is 18.7 Å². The van der Waals surface area contributed by atoms with Crippen molar-refractivity contribution >= 4 is 45.1 Å². The third-order valence-corrected chi connectivity index (χ3v) is 3.23. The number of carbonyl (C=O) groups excluding carboxylic acids is 2. The Balaban J connectivity index is 1.91. The number of aromatic nitrogens is 1. The van der Waals surface area contributed by atoms with Gasteiger partial charge in [-0.25, -0.2) is 9.18 Å². The number of pyridine rings is 1. The Morgan fingerprint density at radius 1 is 1.32 bits per heavy atom. The van der Waals surface area contributed by atoms with Crippen LogP contribution in [0.2, 0.25) is 5.02 Å². The molecule has 22 heavy (non-hydrogen) atoms. The Kier molecular flexibility index (Phi) is 5.46. The summed E-state index contributed by atoms with van der Waals surface area (Å²) in [6.45, 7) is -0.501. The van der Waals surface area contributed by atoms with Gasteiger partial charge in [-0.2, -0.15) is 0 Å². The van der Waals surface area contributed by atoms with Crippen molar-refractivity contribution in [1.82, 2.24) is 4.98 Å². The van der Waals surface area contributed by atoms with Crippen LogP contribution in [0.5, 0.6) is 0 Å². The first-order chi connectivity index (χ1) is 10.5. The number of benzene rings is 1. The lowest BCUT2D eigenvalue weighted by molar-refractivity contribution is -0.119. The van der Waals surface area contributed by atoms with Gasteiger partial charge in [-0.05, 0) is 40.2 Å². The fourth-order valence-corrected chi connectivity index (χ4v) is 2.09. The van der Waals surface area contributed by atoms with Gasteiger partial charge in [-0.3, -0.25) is 9.78 Å². The minimum atomic E-state index is -0.686. The third kappa shape index (κ3) is 4.51. The largest absolute Gasteiger partial charge is 0.452 e. The number of rotatable bonds is 4. The molecule has 1 heterocycles. The van der Waals surface area contributed by atoms with Crippen LogP contribution in [0.1, 0.15) is 10.4 Å². The zero-order valence-electron chi connectivity index (χ0n) is 11.0. The monoisotopic (exact) mass is 386 g/mol. The molecule has 0 atom stereocenters. The summed E-state index contributed by atoms with van der Waals surface area (Å²) in [5.74, 6) is -1.80. The quantitative estimate of drug-likeness (QED) is 0.816. The lowest BCUT2D eigenvalue weighted by Gasteiger charge is -2.08. The maximum atomic E-state index is 12.9. The Bertz CT molecular complexity index is 727. The van der Waals surface area contributed by atoms with Crippen LogP contribution in [0.4, 0.5) is 10.1 Å². The molecule has 0 saturated heterocycles. The number of halogens is 3. The first-order valence-electron chi connectivity index (χ1n) is 5.98. The van der Waals surface area contributed by atoms with Crippen LogP contribution in [0, 0.1) is 5.82 Å². The van der Waals surface area contributed by atoms with E-state index in [2.05, 4.69) is 26.2 Å². The highest BCUT2D eigenvalue weighted by atomic mass is 79.9. The van der Waals surface area contributed by atoms with Gasteiger partial charge < -0.3 is 10.1 Å². The summed E-state index contributed by atoms with van der Waals surface area (Å²) in [6, 6.07) is 5.05. The van der Waals surface area contributed by atoms with Crippen molar-refractivity contribution in [3.63, 3.8) is 0 Å². The molecule has 0 saturated carbocycles. The van der Waals surface area contributed by atoms with Crippen LogP contribution in [-0.2, 0) is 9.53 Å². The molecule has 0 unspecified atom stereocenters. The highest BCUT2D eigenvalue weighted by molar-refractivity contribution is 9.10. The first kappa shape index (κ1) is 16.4. The number of hydrogen-bond donors (Lipinski definition) is 1. The van der Waals surface area contributed by atoms with Gasteiger partial charge in [0.1, 0.15) is 5.82 Å². The van der Waals surface area contributed by atoms with Crippen molar-refractivity contribution in [2.24, 2.45) is 0 Å². The van der Waals surface area contributed by atoms with Gasteiger partial charge in [0.2, 0.25) is 0 Å². The summed E-state index contributed by atoms with van der Waals surface area (Å²) < 4.78 is 18.3. The third-order valence-electron chi connectivity index (χ3n) is 2.48. The molecule has 8 heteroatoms. The van der Waals surface area contributed by atoms with Gasteiger partial charge in [0.15, 0.2) is 6.61 Å². The zero-order chi connectivity index (χ0) is 16.1. The smallest absolute Gasteiger partial charge is 0.340 e. The van der Waals surface area contributed by atoms with Crippen LogP contribution in [0.25, 0.3) is 0 Å². The number of esters is 1. The Hall–Kier alpha value is -1.99. The highest BCUT2D eigenvalue weighted by Gasteiger charge is 2.12. The van der Waals surface area contributed by atoms with Crippen LogP contribution in [0.15, 0.2) is 41.1 Å². The summed E-state index contributed by atoms with van der Waals surface area (Å²) in [5.41, 5.74) is 0.440. The second kappa shape index (κ2) is 7.33. The van der Waals surface area contributed by atoms with Gasteiger partial charge in [0, 0.05) is 16.9 Å². The van der Waals surface area contributed by atoms with E-state index in [4.69, 9.17) is 16.3 Å². The SMILES string of the molecule is O=C(COC(=O)c1cncc(Br)c1)Nc1ccc(F)cc1Cl. The Morgan fingerprint density at radius 3 is 2.77 bits per heavy atom. The Morgan fingerprint density at radius 2 is 2.09 bits per heavy atom. The number of nitrogens with zero attached hydrogens (tertiary/aromatic N) is 1. The summed E-state index contributed by atoms with van der Waals surface area (Å²) in [4.78, 5) is 27.2. The average Bonchev–Trinajstić information content (AvgIpc) is 2.47. The zero-order valence-corrected chi connectivity index (χ0v) is 13.3. The summed E-state index contributed by atoms with van der Waals surface area (Å²) >= 11 is 8.95. The number of hydrogen-bond acceptors (Lipinski definition) is 4. The summed E-state index contributed by atoms with van der Waals surface area (Å²) in [7, 11) is 0. The van der Waals surface area contributed by atoms with Gasteiger partial charge in [0.05, 0.1) is 16.3 Å². The van der Waals surface area contributed by atoms with E-state index in [1.807, 2.05) is 0 Å². The minimum absolute atomic E-state index is 0.0517. The molecule has 5 nitrogen and oxygen atoms in total. The van der Waals surface area contributed by atoms with Crippen molar-refractivity contribution in [2.45, 2.75) is 0 Å². The van der Waals surface area contributed by atoms with Crippen molar-refractivity contribution in [3.8, 4) is 0 Å². The molecule has 0 bridgehead atoms. The molecule has 0 aliphatic heterocycles. The number of carbonyl (C=O) groups is 2. The molecule has 0 spiro atoms. The molecule has 1 aromatic heterocycles. The van der Waals surface area contributed by atoms with Gasteiger partial charge >= 0.3 is 5.97 Å². The maximum absolute atomic E-state index is 12.9. The lowest BCUT2D eigenvalue weighted by atomic mass is 10.3. The first-order valence-corrected chi connectivity index (χ1v) is 7.15. The van der Waals surface area contributed by atoms with Crippen LogP contribution in [-0.4, -0.2) is 23.5 Å². The number of anilines is 1. The van der Waals surface area contributed by atoms with Crippen LogP contribution in [0.3, 0.4) is 0 Å². The van der Waals surface area contributed by atoms with E-state index in [1.165, 1.54) is 24.5 Å². The summed E-state index contributed by atoms with van der Waals surface area (Å²) in [6.07, 6.45) is 2.84. The van der Waals surface area contributed by atoms with E-state index < -0.39 is 24.3 Å². The minimum Gasteiger partial charge on any atom is -0.452 e. The van der Waals surface area contributed by atoms with Gasteiger partial charge in [-0.1, -0.05) is 11.6 Å². The molecular weight excluding hydrogens is 379 g/mol. The van der Waals surface area contributed by atoms with Crippen LogP contribution >= 0.6 is 27.5 Å².